The topological polar surface area (TPSA) is 60.2 Å². The molecule has 0 radical (unpaired) electrons. The van der Waals surface area contributed by atoms with Crippen molar-refractivity contribution in [3.63, 3.8) is 0 Å². The third kappa shape index (κ3) is 2.76. The SMILES string of the molecule is CCC(COC)Nc1c(F)cc(N)c2cccnc12. The van der Waals surface area contributed by atoms with Crippen molar-refractivity contribution in [2.24, 2.45) is 0 Å². The number of methoxy groups -OCH3 is 1. The standard InChI is InChI=1S/C14H18FN3O/c1-3-9(8-19-2)18-14-11(15)7-12(16)10-5-4-6-17-13(10)14/h4-7,9,18H,3,8,16H2,1-2H3. The summed E-state index contributed by atoms with van der Waals surface area (Å²) < 4.78 is 19.2. The Morgan fingerprint density at radius 1 is 1.53 bits per heavy atom. The predicted molar refractivity (Wildman–Crippen MR) is 75.7 cm³/mol. The first-order valence-corrected chi connectivity index (χ1v) is 6.25. The first kappa shape index (κ1) is 13.5. The van der Waals surface area contributed by atoms with E-state index in [1.165, 1.54) is 6.07 Å². The van der Waals surface area contributed by atoms with Gasteiger partial charge >= 0.3 is 0 Å². The van der Waals surface area contributed by atoms with Gasteiger partial charge in [0.15, 0.2) is 5.82 Å². The van der Waals surface area contributed by atoms with Gasteiger partial charge in [0, 0.05) is 30.4 Å². The van der Waals surface area contributed by atoms with E-state index in [0.717, 1.165) is 11.8 Å². The van der Waals surface area contributed by atoms with Crippen LogP contribution in [0.5, 0.6) is 0 Å². The molecular weight excluding hydrogens is 245 g/mol. The maximum Gasteiger partial charge on any atom is 0.150 e. The molecule has 2 rings (SSSR count). The number of pyridine rings is 1. The van der Waals surface area contributed by atoms with Crippen molar-refractivity contribution in [3.05, 3.63) is 30.2 Å². The summed E-state index contributed by atoms with van der Waals surface area (Å²) in [5.41, 5.74) is 7.14. The first-order valence-electron chi connectivity index (χ1n) is 6.25. The minimum Gasteiger partial charge on any atom is -0.398 e. The fraction of sp³-hybridized carbons (Fsp3) is 0.357. The lowest BCUT2D eigenvalue weighted by atomic mass is 10.1. The minimum absolute atomic E-state index is 0.0355. The van der Waals surface area contributed by atoms with E-state index < -0.39 is 5.82 Å². The molecule has 0 saturated carbocycles. The van der Waals surface area contributed by atoms with Crippen LogP contribution in [0.15, 0.2) is 24.4 Å². The van der Waals surface area contributed by atoms with Gasteiger partial charge in [-0.1, -0.05) is 6.92 Å². The Morgan fingerprint density at radius 3 is 3.00 bits per heavy atom. The van der Waals surface area contributed by atoms with Crippen molar-refractivity contribution in [1.29, 1.82) is 0 Å². The van der Waals surface area contributed by atoms with Gasteiger partial charge in [0.2, 0.25) is 0 Å². The van der Waals surface area contributed by atoms with Crippen LogP contribution in [0.4, 0.5) is 15.8 Å². The summed E-state index contributed by atoms with van der Waals surface area (Å²) in [5, 5.41) is 3.90. The van der Waals surface area contributed by atoms with Gasteiger partial charge in [0.05, 0.1) is 17.8 Å². The third-order valence-corrected chi connectivity index (χ3v) is 3.09. The minimum atomic E-state index is -0.391. The number of nitrogens with two attached hydrogens (primary N) is 1. The van der Waals surface area contributed by atoms with Gasteiger partial charge in [-0.3, -0.25) is 4.98 Å². The fourth-order valence-corrected chi connectivity index (χ4v) is 2.04. The van der Waals surface area contributed by atoms with Gasteiger partial charge in [-0.25, -0.2) is 4.39 Å². The van der Waals surface area contributed by atoms with Crippen molar-refractivity contribution in [2.75, 3.05) is 24.8 Å². The zero-order valence-electron chi connectivity index (χ0n) is 11.1. The molecule has 5 heteroatoms. The Kier molecular flexibility index (Phi) is 4.16. The smallest absolute Gasteiger partial charge is 0.150 e. The molecule has 0 saturated heterocycles. The van der Waals surface area contributed by atoms with Crippen LogP contribution in [0, 0.1) is 5.82 Å². The average Bonchev–Trinajstić information content (AvgIpc) is 2.42. The molecule has 0 spiro atoms. The Balaban J connectivity index is 2.47. The summed E-state index contributed by atoms with van der Waals surface area (Å²) in [6.45, 7) is 2.52. The summed E-state index contributed by atoms with van der Waals surface area (Å²) in [6, 6.07) is 4.98. The largest absolute Gasteiger partial charge is 0.398 e. The van der Waals surface area contributed by atoms with Gasteiger partial charge in [-0.2, -0.15) is 0 Å². The van der Waals surface area contributed by atoms with Crippen LogP contribution in [-0.2, 0) is 4.74 Å². The number of halogens is 1. The molecule has 4 nitrogen and oxygen atoms in total. The summed E-state index contributed by atoms with van der Waals surface area (Å²) in [5.74, 6) is -0.391. The Hall–Kier alpha value is -1.88. The average molecular weight is 263 g/mol. The summed E-state index contributed by atoms with van der Waals surface area (Å²) in [6.07, 6.45) is 2.45. The van der Waals surface area contributed by atoms with E-state index in [-0.39, 0.29) is 6.04 Å². The van der Waals surface area contributed by atoms with E-state index in [4.69, 9.17) is 10.5 Å². The second-order valence-corrected chi connectivity index (χ2v) is 4.43. The third-order valence-electron chi connectivity index (χ3n) is 3.09. The molecule has 1 unspecified atom stereocenters. The van der Waals surface area contributed by atoms with E-state index >= 15 is 0 Å². The molecule has 0 fully saturated rings. The van der Waals surface area contributed by atoms with Crippen molar-refractivity contribution in [1.82, 2.24) is 4.98 Å². The van der Waals surface area contributed by atoms with Crippen LogP contribution >= 0.6 is 0 Å². The molecule has 0 bridgehead atoms. The number of ether oxygens (including phenoxy) is 1. The first-order chi connectivity index (χ1) is 9.17. The number of benzene rings is 1. The van der Waals surface area contributed by atoms with Crippen LogP contribution in [0.3, 0.4) is 0 Å². The maximum absolute atomic E-state index is 14.1. The highest BCUT2D eigenvalue weighted by Gasteiger charge is 2.15. The number of hydrogen-bond donors (Lipinski definition) is 2. The number of anilines is 2. The number of nitrogen functional groups attached to an aromatic ring is 1. The molecule has 1 heterocycles. The molecule has 1 atom stereocenters. The molecule has 3 N–H and O–H groups in total. The molecule has 2 aromatic rings. The van der Waals surface area contributed by atoms with E-state index in [9.17, 15) is 4.39 Å². The molecule has 19 heavy (non-hydrogen) atoms. The molecule has 1 aromatic carbocycles. The number of hydrogen-bond acceptors (Lipinski definition) is 4. The molecule has 0 aliphatic heterocycles. The van der Waals surface area contributed by atoms with Crippen LogP contribution in [0.25, 0.3) is 10.9 Å². The second kappa shape index (κ2) is 5.84. The van der Waals surface area contributed by atoms with Crippen molar-refractivity contribution < 1.29 is 9.13 Å². The van der Waals surface area contributed by atoms with Crippen LogP contribution in [0.2, 0.25) is 0 Å². The quantitative estimate of drug-likeness (QED) is 0.814. The molecule has 0 aliphatic rings. The van der Waals surface area contributed by atoms with Gasteiger partial charge in [0.1, 0.15) is 0 Å². The number of rotatable bonds is 5. The normalized spacial score (nSPS) is 12.6. The highest BCUT2D eigenvalue weighted by atomic mass is 19.1. The summed E-state index contributed by atoms with van der Waals surface area (Å²) >= 11 is 0. The van der Waals surface area contributed by atoms with E-state index in [1.54, 1.807) is 19.4 Å². The Labute approximate surface area is 111 Å². The summed E-state index contributed by atoms with van der Waals surface area (Å²) in [7, 11) is 1.63. The van der Waals surface area contributed by atoms with Crippen molar-refractivity contribution in [2.45, 2.75) is 19.4 Å². The lowest BCUT2D eigenvalue weighted by molar-refractivity contribution is 0.184. The van der Waals surface area contributed by atoms with Crippen LogP contribution in [-0.4, -0.2) is 24.7 Å². The van der Waals surface area contributed by atoms with E-state index in [2.05, 4.69) is 10.3 Å². The Bertz CT molecular complexity index is 574. The highest BCUT2D eigenvalue weighted by Crippen LogP contribution is 2.30. The van der Waals surface area contributed by atoms with Crippen molar-refractivity contribution >= 4 is 22.3 Å². The van der Waals surface area contributed by atoms with Gasteiger partial charge in [0.25, 0.3) is 0 Å². The molecule has 1 aromatic heterocycles. The van der Waals surface area contributed by atoms with E-state index in [0.29, 0.717) is 23.5 Å². The number of aromatic nitrogens is 1. The monoisotopic (exact) mass is 263 g/mol. The lowest BCUT2D eigenvalue weighted by Crippen LogP contribution is -2.24. The van der Waals surface area contributed by atoms with Gasteiger partial charge < -0.3 is 15.8 Å². The molecular formula is C14H18FN3O. The molecule has 0 amide bonds. The fourth-order valence-electron chi connectivity index (χ4n) is 2.04. The van der Waals surface area contributed by atoms with Crippen molar-refractivity contribution in [3.8, 4) is 0 Å². The highest BCUT2D eigenvalue weighted by molar-refractivity contribution is 5.98. The number of nitrogens with zero attached hydrogens (tertiary/aromatic N) is 1. The predicted octanol–water partition coefficient (Wildman–Crippen LogP) is 2.79. The van der Waals surface area contributed by atoms with Gasteiger partial charge in [-0.15, -0.1) is 0 Å². The number of fused-ring (bicyclic) bond motifs is 1. The zero-order chi connectivity index (χ0) is 13.8. The van der Waals surface area contributed by atoms with Crippen LogP contribution < -0.4 is 11.1 Å². The zero-order valence-corrected chi connectivity index (χ0v) is 11.1. The van der Waals surface area contributed by atoms with Gasteiger partial charge in [-0.05, 0) is 24.6 Å². The maximum atomic E-state index is 14.1. The Morgan fingerprint density at radius 2 is 2.32 bits per heavy atom. The lowest BCUT2D eigenvalue weighted by Gasteiger charge is -2.19. The second-order valence-electron chi connectivity index (χ2n) is 4.43. The van der Waals surface area contributed by atoms with Crippen LogP contribution in [0.1, 0.15) is 13.3 Å². The molecule has 102 valence electrons. The number of nitrogens with one attached hydrogen (secondary N) is 1. The van der Waals surface area contributed by atoms with E-state index in [1.807, 2.05) is 13.0 Å². The molecule has 0 aliphatic carbocycles. The summed E-state index contributed by atoms with van der Waals surface area (Å²) in [4.78, 5) is 4.23.